The lowest BCUT2D eigenvalue weighted by atomic mass is 9.54. The number of amides is 2. The summed E-state index contributed by atoms with van der Waals surface area (Å²) in [4.78, 5) is 29.0. The average Bonchev–Trinajstić information content (AvgIpc) is 3.04. The molecule has 0 unspecified atom stereocenters. The molecule has 1 aliphatic heterocycles. The molecule has 4 aliphatic rings. The van der Waals surface area contributed by atoms with E-state index < -0.39 is 20.5 Å². The minimum absolute atomic E-state index is 0.266. The molecular weight excluding hydrogens is 565 g/mol. The van der Waals surface area contributed by atoms with Crippen LogP contribution in [0.25, 0.3) is 0 Å². The molecule has 3 aromatic carbocycles. The Kier molecular flexibility index (Phi) is 4.15. The molecule has 1 saturated heterocycles. The number of carbonyl (C=O) groups excluding carboxylic acids is 2. The molecule has 3 aromatic rings. The van der Waals surface area contributed by atoms with Crippen LogP contribution in [0.4, 0.5) is 5.69 Å². The number of benzene rings is 3. The van der Waals surface area contributed by atoms with Gasteiger partial charge >= 0.3 is 0 Å². The number of hydrogen-bond acceptors (Lipinski definition) is 2. The molecule has 3 nitrogen and oxygen atoms in total. The van der Waals surface area contributed by atoms with Crippen molar-refractivity contribution in [3.8, 4) is 0 Å². The van der Waals surface area contributed by atoms with E-state index in [0.29, 0.717) is 10.7 Å². The standard InChI is InChI=1S/C24H13Br2Cl2NO2/c25-23-13-5-1-2-6-14(13)24(26,16-8-4-3-7-15(16)23)20-19(23)21(30)29(22(20)31)18-10-9-12(27)11-17(18)28/h1-11,19-20H/t19-,20+,23?,24?. The summed E-state index contributed by atoms with van der Waals surface area (Å²) in [7, 11) is 0. The lowest BCUT2D eigenvalue weighted by molar-refractivity contribution is -0.122. The number of carbonyl (C=O) groups is 2. The summed E-state index contributed by atoms with van der Waals surface area (Å²) < 4.78 is -1.64. The van der Waals surface area contributed by atoms with Gasteiger partial charge in [-0.05, 0) is 40.5 Å². The number of imide groups is 1. The Hall–Kier alpha value is -1.66. The minimum Gasteiger partial charge on any atom is -0.274 e. The van der Waals surface area contributed by atoms with E-state index in [1.165, 1.54) is 4.90 Å². The van der Waals surface area contributed by atoms with Gasteiger partial charge < -0.3 is 0 Å². The summed E-state index contributed by atoms with van der Waals surface area (Å²) >= 11 is 20.4. The number of rotatable bonds is 1. The van der Waals surface area contributed by atoms with Gasteiger partial charge in [0.1, 0.15) is 0 Å². The first-order valence-electron chi connectivity index (χ1n) is 9.72. The van der Waals surface area contributed by atoms with Crippen molar-refractivity contribution in [2.45, 2.75) is 8.65 Å². The monoisotopic (exact) mass is 575 g/mol. The van der Waals surface area contributed by atoms with Gasteiger partial charge in [0, 0.05) is 5.02 Å². The second kappa shape index (κ2) is 6.44. The molecule has 3 aliphatic carbocycles. The molecule has 0 N–H and O–H groups in total. The predicted molar refractivity (Wildman–Crippen MR) is 128 cm³/mol. The van der Waals surface area contributed by atoms with Gasteiger partial charge in [-0.1, -0.05) is 104 Å². The van der Waals surface area contributed by atoms with Crippen molar-refractivity contribution in [2.24, 2.45) is 11.8 Å². The van der Waals surface area contributed by atoms with E-state index in [4.69, 9.17) is 23.2 Å². The van der Waals surface area contributed by atoms with Crippen LogP contribution in [0.2, 0.25) is 10.0 Å². The van der Waals surface area contributed by atoms with Crippen LogP contribution >= 0.6 is 55.1 Å². The zero-order valence-corrected chi connectivity index (χ0v) is 20.5. The van der Waals surface area contributed by atoms with E-state index in [1.54, 1.807) is 18.2 Å². The van der Waals surface area contributed by atoms with Gasteiger partial charge in [-0.3, -0.25) is 9.59 Å². The maximum absolute atomic E-state index is 13.9. The lowest BCUT2D eigenvalue weighted by Gasteiger charge is -2.55. The Morgan fingerprint density at radius 3 is 1.52 bits per heavy atom. The molecular formula is C24H13Br2Cl2NO2. The summed E-state index contributed by atoms with van der Waals surface area (Å²) in [5.41, 5.74) is 4.35. The zero-order chi connectivity index (χ0) is 21.7. The van der Waals surface area contributed by atoms with Crippen LogP contribution in [-0.2, 0) is 18.2 Å². The number of anilines is 1. The van der Waals surface area contributed by atoms with Crippen LogP contribution < -0.4 is 4.90 Å². The van der Waals surface area contributed by atoms with Crippen LogP contribution in [0.5, 0.6) is 0 Å². The van der Waals surface area contributed by atoms with Crippen LogP contribution in [0.15, 0.2) is 66.7 Å². The third-order valence-electron chi connectivity index (χ3n) is 6.74. The maximum Gasteiger partial charge on any atom is 0.239 e. The fraction of sp³-hybridized carbons (Fsp3) is 0.167. The lowest BCUT2D eigenvalue weighted by Crippen LogP contribution is -2.56. The van der Waals surface area contributed by atoms with Crippen molar-refractivity contribution in [1.29, 1.82) is 0 Å². The van der Waals surface area contributed by atoms with Crippen LogP contribution in [0.3, 0.4) is 0 Å². The fourth-order valence-corrected chi connectivity index (χ4v) is 8.36. The molecule has 0 spiro atoms. The molecule has 0 radical (unpaired) electrons. The summed E-state index contributed by atoms with van der Waals surface area (Å²) in [6.45, 7) is 0. The van der Waals surface area contributed by atoms with E-state index in [9.17, 15) is 9.59 Å². The van der Waals surface area contributed by atoms with E-state index in [0.717, 1.165) is 22.3 Å². The van der Waals surface area contributed by atoms with Gasteiger partial charge in [0.2, 0.25) is 11.8 Å². The van der Waals surface area contributed by atoms with Gasteiger partial charge in [-0.2, -0.15) is 0 Å². The maximum atomic E-state index is 13.9. The van der Waals surface area contributed by atoms with Gasteiger partial charge in [0.15, 0.2) is 0 Å². The molecule has 2 bridgehead atoms. The molecule has 0 aromatic heterocycles. The van der Waals surface area contributed by atoms with Crippen LogP contribution in [0, 0.1) is 11.8 Å². The first-order valence-corrected chi connectivity index (χ1v) is 12.1. The third-order valence-corrected chi connectivity index (χ3v) is 9.97. The Balaban J connectivity index is 1.66. The van der Waals surface area contributed by atoms with E-state index >= 15 is 0 Å². The van der Waals surface area contributed by atoms with Crippen LogP contribution in [-0.4, -0.2) is 11.8 Å². The zero-order valence-electron chi connectivity index (χ0n) is 15.8. The molecule has 1 heterocycles. The Labute approximate surface area is 205 Å². The summed E-state index contributed by atoms with van der Waals surface area (Å²) in [5.74, 6) is -1.81. The minimum atomic E-state index is -0.819. The van der Waals surface area contributed by atoms with Crippen molar-refractivity contribution in [2.75, 3.05) is 4.90 Å². The molecule has 154 valence electrons. The highest BCUT2D eigenvalue weighted by molar-refractivity contribution is 9.10. The fourth-order valence-electron chi connectivity index (χ4n) is 5.57. The molecule has 0 saturated carbocycles. The first-order chi connectivity index (χ1) is 14.8. The van der Waals surface area contributed by atoms with Crippen LogP contribution in [0.1, 0.15) is 22.3 Å². The van der Waals surface area contributed by atoms with Crippen molar-refractivity contribution in [3.63, 3.8) is 0 Å². The smallest absolute Gasteiger partial charge is 0.239 e. The highest BCUT2D eigenvalue weighted by Crippen LogP contribution is 2.71. The van der Waals surface area contributed by atoms with Gasteiger partial charge in [0.25, 0.3) is 0 Å². The normalized spacial score (nSPS) is 30.3. The molecule has 1 fully saturated rings. The molecule has 31 heavy (non-hydrogen) atoms. The highest BCUT2D eigenvalue weighted by atomic mass is 79.9. The highest BCUT2D eigenvalue weighted by Gasteiger charge is 2.72. The average molecular weight is 578 g/mol. The topological polar surface area (TPSA) is 37.4 Å². The quantitative estimate of drug-likeness (QED) is 0.248. The Bertz CT molecular complexity index is 1200. The van der Waals surface area contributed by atoms with E-state index in [-0.39, 0.29) is 16.8 Å². The largest absolute Gasteiger partial charge is 0.274 e. The molecule has 2 amide bonds. The first kappa shape index (κ1) is 20.0. The SMILES string of the molecule is O=C1[C@@H]2[C@H](C(=O)N1c1ccc(Cl)cc1Cl)C1(Br)c3ccccc3C2(Br)c2ccccc21. The molecule has 2 atom stereocenters. The Morgan fingerprint density at radius 1 is 0.710 bits per heavy atom. The van der Waals surface area contributed by atoms with E-state index in [1.807, 2.05) is 48.5 Å². The van der Waals surface area contributed by atoms with Crippen molar-refractivity contribution < 1.29 is 9.59 Å². The number of halogens is 4. The predicted octanol–water partition coefficient (Wildman–Crippen LogP) is 6.40. The number of hydrogen-bond donors (Lipinski definition) is 0. The van der Waals surface area contributed by atoms with E-state index in [2.05, 4.69) is 31.9 Å². The molecule has 7 heteroatoms. The number of alkyl halides is 2. The number of nitrogens with zero attached hydrogens (tertiary/aromatic N) is 1. The summed E-state index contributed by atoms with van der Waals surface area (Å²) in [5, 5.41) is 0.710. The van der Waals surface area contributed by atoms with Gasteiger partial charge in [-0.25, -0.2) is 4.90 Å². The van der Waals surface area contributed by atoms with Crippen molar-refractivity contribution in [3.05, 3.63) is 99.0 Å². The van der Waals surface area contributed by atoms with Gasteiger partial charge in [-0.15, -0.1) is 0 Å². The second-order valence-electron chi connectivity index (χ2n) is 8.08. The molecule has 7 rings (SSSR count). The second-order valence-corrected chi connectivity index (χ2v) is 11.4. The van der Waals surface area contributed by atoms with Gasteiger partial charge in [0.05, 0.1) is 31.2 Å². The summed E-state index contributed by atoms with van der Waals surface area (Å²) in [6.07, 6.45) is 0. The summed E-state index contributed by atoms with van der Waals surface area (Å²) in [6, 6.07) is 20.8. The Morgan fingerprint density at radius 2 is 1.13 bits per heavy atom. The third kappa shape index (κ3) is 2.26. The van der Waals surface area contributed by atoms with Crippen molar-refractivity contribution in [1.82, 2.24) is 0 Å². The van der Waals surface area contributed by atoms with Crippen molar-refractivity contribution >= 4 is 72.6 Å².